The Morgan fingerprint density at radius 1 is 0.846 bits per heavy atom. The second kappa shape index (κ2) is 14.7. The van der Waals surface area contributed by atoms with Gasteiger partial charge in [-0.25, -0.2) is 8.78 Å². The van der Waals surface area contributed by atoms with E-state index >= 15 is 0 Å². The number of amides is 2. The summed E-state index contributed by atoms with van der Waals surface area (Å²) in [6.07, 6.45) is 2.55. The van der Waals surface area contributed by atoms with E-state index in [1.807, 2.05) is 19.9 Å². The minimum absolute atomic E-state index is 0.0137. The van der Waals surface area contributed by atoms with Gasteiger partial charge in [0.05, 0.1) is 20.2 Å². The molecule has 0 aliphatic carbocycles. The van der Waals surface area contributed by atoms with Gasteiger partial charge >= 0.3 is 0 Å². The van der Waals surface area contributed by atoms with Crippen LogP contribution in [0.3, 0.4) is 0 Å². The highest BCUT2D eigenvalue weighted by molar-refractivity contribution is 5.95. The van der Waals surface area contributed by atoms with Gasteiger partial charge < -0.3 is 15.4 Å². The summed E-state index contributed by atoms with van der Waals surface area (Å²) in [7, 11) is 1.57. The van der Waals surface area contributed by atoms with Crippen molar-refractivity contribution in [2.24, 2.45) is 0 Å². The summed E-state index contributed by atoms with van der Waals surface area (Å²) < 4.78 is 32.1. The predicted molar refractivity (Wildman–Crippen MR) is 149 cm³/mol. The highest BCUT2D eigenvalue weighted by Crippen LogP contribution is 2.30. The first-order chi connectivity index (χ1) is 18.8. The van der Waals surface area contributed by atoms with Crippen molar-refractivity contribution in [3.05, 3.63) is 100 Å². The zero-order valence-corrected chi connectivity index (χ0v) is 22.6. The lowest BCUT2D eigenvalue weighted by atomic mass is 9.87. The van der Waals surface area contributed by atoms with Crippen LogP contribution in [0.4, 0.5) is 8.78 Å². The Morgan fingerprint density at radius 3 is 1.97 bits per heavy atom. The Morgan fingerprint density at radius 2 is 1.41 bits per heavy atom. The zero-order valence-electron chi connectivity index (χ0n) is 22.6. The molecule has 5 nitrogen and oxygen atoms in total. The van der Waals surface area contributed by atoms with Crippen LogP contribution in [-0.4, -0.2) is 32.0 Å². The molecular formula is C32H34F2N2O3. The van der Waals surface area contributed by atoms with Gasteiger partial charge in [-0.3, -0.25) is 9.59 Å². The van der Waals surface area contributed by atoms with Crippen molar-refractivity contribution in [1.29, 1.82) is 0 Å². The third-order valence-corrected chi connectivity index (χ3v) is 6.63. The lowest BCUT2D eigenvalue weighted by molar-refractivity contribution is -0.120. The largest absolute Gasteiger partial charge is 0.496 e. The molecule has 3 rings (SSSR count). The lowest BCUT2D eigenvalue weighted by Crippen LogP contribution is -2.25. The van der Waals surface area contributed by atoms with Gasteiger partial charge in [0.15, 0.2) is 0 Å². The number of halogens is 2. The Labute approximate surface area is 229 Å². The maximum Gasteiger partial charge on any atom is 0.252 e. The van der Waals surface area contributed by atoms with E-state index in [-0.39, 0.29) is 42.5 Å². The molecule has 0 saturated heterocycles. The second-order valence-electron chi connectivity index (χ2n) is 9.33. The third-order valence-electron chi connectivity index (χ3n) is 6.63. The Hall–Kier alpha value is -4.18. The number of benzene rings is 3. The number of hydrogen-bond donors (Lipinski definition) is 2. The number of unbranched alkanes of at least 4 members (excludes halogenated alkanes) is 1. The minimum Gasteiger partial charge on any atom is -0.496 e. The van der Waals surface area contributed by atoms with Gasteiger partial charge in [0.25, 0.3) is 5.91 Å². The number of hydrogen-bond acceptors (Lipinski definition) is 3. The van der Waals surface area contributed by atoms with Crippen LogP contribution >= 0.6 is 0 Å². The molecule has 39 heavy (non-hydrogen) atoms. The monoisotopic (exact) mass is 532 g/mol. The van der Waals surface area contributed by atoms with Crippen molar-refractivity contribution in [3.63, 3.8) is 0 Å². The zero-order chi connectivity index (χ0) is 28.2. The van der Waals surface area contributed by atoms with E-state index in [0.29, 0.717) is 24.2 Å². The van der Waals surface area contributed by atoms with E-state index in [2.05, 4.69) is 22.5 Å². The molecule has 0 aromatic heterocycles. The van der Waals surface area contributed by atoms with Crippen LogP contribution < -0.4 is 15.4 Å². The van der Waals surface area contributed by atoms with Gasteiger partial charge in [-0.15, -0.1) is 0 Å². The van der Waals surface area contributed by atoms with E-state index in [9.17, 15) is 18.4 Å². The maximum absolute atomic E-state index is 13.4. The number of ether oxygens (including phenoxy) is 1. The molecule has 3 aromatic rings. The summed E-state index contributed by atoms with van der Waals surface area (Å²) in [5.41, 5.74) is 4.36. The van der Waals surface area contributed by atoms with Gasteiger partial charge in [-0.1, -0.05) is 42.5 Å². The summed E-state index contributed by atoms with van der Waals surface area (Å²) in [4.78, 5) is 24.6. The molecule has 0 saturated carbocycles. The molecule has 0 unspecified atom stereocenters. The molecule has 0 atom stereocenters. The van der Waals surface area contributed by atoms with Crippen LogP contribution in [0.25, 0.3) is 0 Å². The highest BCUT2D eigenvalue weighted by atomic mass is 19.1. The first-order valence-corrected chi connectivity index (χ1v) is 12.9. The van der Waals surface area contributed by atoms with E-state index in [0.717, 1.165) is 35.1 Å². The minimum atomic E-state index is -0.305. The fraction of sp³-hybridized carbons (Fsp3) is 0.312. The Kier molecular flexibility index (Phi) is 11.1. The SMILES string of the molecule is COc1cc(C(=O)NCC#CCNC(=O)CCCCC(c2ccc(F)cc2)c2ccc(F)cc2)cc(C)c1C. The molecule has 3 aromatic carbocycles. The van der Waals surface area contributed by atoms with Crippen LogP contribution in [0.15, 0.2) is 60.7 Å². The van der Waals surface area contributed by atoms with Crippen LogP contribution in [0.1, 0.15) is 64.2 Å². The van der Waals surface area contributed by atoms with Crippen molar-refractivity contribution in [2.75, 3.05) is 20.2 Å². The average molecular weight is 533 g/mol. The Balaban J connectivity index is 1.39. The molecule has 2 amide bonds. The number of rotatable bonds is 11. The molecule has 0 aliphatic heterocycles. The summed E-state index contributed by atoms with van der Waals surface area (Å²) in [5, 5.41) is 5.52. The van der Waals surface area contributed by atoms with E-state index in [1.165, 1.54) is 24.3 Å². The van der Waals surface area contributed by atoms with Gasteiger partial charge in [-0.05, 0) is 85.3 Å². The number of nitrogens with one attached hydrogen (secondary N) is 2. The molecule has 0 aliphatic rings. The summed E-state index contributed by atoms with van der Waals surface area (Å²) in [6.45, 7) is 4.22. The molecule has 204 valence electrons. The smallest absolute Gasteiger partial charge is 0.252 e. The Bertz CT molecular complexity index is 1280. The van der Waals surface area contributed by atoms with Gasteiger partial charge in [0, 0.05) is 17.9 Å². The molecule has 0 fully saturated rings. The van der Waals surface area contributed by atoms with E-state index < -0.39 is 0 Å². The van der Waals surface area contributed by atoms with E-state index in [1.54, 1.807) is 37.4 Å². The number of aryl methyl sites for hydroxylation is 1. The van der Waals surface area contributed by atoms with Crippen molar-refractivity contribution in [2.45, 2.75) is 45.4 Å². The van der Waals surface area contributed by atoms with Crippen LogP contribution in [-0.2, 0) is 4.79 Å². The third kappa shape index (κ3) is 8.96. The highest BCUT2D eigenvalue weighted by Gasteiger charge is 2.15. The topological polar surface area (TPSA) is 67.4 Å². The lowest BCUT2D eigenvalue weighted by Gasteiger charge is -2.18. The summed E-state index contributed by atoms with van der Waals surface area (Å²) in [6, 6.07) is 16.2. The molecule has 7 heteroatoms. The first kappa shape index (κ1) is 29.4. The number of carbonyl (C=O) groups excluding carboxylic acids is 2. The van der Waals surface area contributed by atoms with Crippen molar-refractivity contribution in [3.8, 4) is 17.6 Å². The maximum atomic E-state index is 13.4. The fourth-order valence-electron chi connectivity index (χ4n) is 4.30. The van der Waals surface area contributed by atoms with Crippen LogP contribution in [0.5, 0.6) is 5.75 Å². The van der Waals surface area contributed by atoms with Crippen molar-refractivity contribution in [1.82, 2.24) is 10.6 Å². The fourth-order valence-corrected chi connectivity index (χ4v) is 4.30. The first-order valence-electron chi connectivity index (χ1n) is 12.9. The van der Waals surface area contributed by atoms with Crippen LogP contribution in [0.2, 0.25) is 0 Å². The molecule has 2 N–H and O–H groups in total. The molecular weight excluding hydrogens is 498 g/mol. The molecule has 0 bridgehead atoms. The van der Waals surface area contributed by atoms with Crippen molar-refractivity contribution >= 4 is 11.8 Å². The summed E-state index contributed by atoms with van der Waals surface area (Å²) >= 11 is 0. The van der Waals surface area contributed by atoms with Crippen molar-refractivity contribution < 1.29 is 23.1 Å². The van der Waals surface area contributed by atoms with Crippen LogP contribution in [0, 0.1) is 37.3 Å². The number of carbonyl (C=O) groups is 2. The van der Waals surface area contributed by atoms with E-state index in [4.69, 9.17) is 4.74 Å². The predicted octanol–water partition coefficient (Wildman–Crippen LogP) is 5.83. The normalized spacial score (nSPS) is 10.5. The summed E-state index contributed by atoms with van der Waals surface area (Å²) in [5.74, 6) is 5.38. The second-order valence-corrected chi connectivity index (χ2v) is 9.33. The van der Waals surface area contributed by atoms with Gasteiger partial charge in [0.1, 0.15) is 17.4 Å². The quantitative estimate of drug-likeness (QED) is 0.241. The molecule has 0 radical (unpaired) electrons. The molecule has 0 heterocycles. The van der Waals surface area contributed by atoms with Gasteiger partial charge in [-0.2, -0.15) is 0 Å². The average Bonchev–Trinajstić information content (AvgIpc) is 2.93. The number of methoxy groups -OCH3 is 1. The molecule has 0 spiro atoms. The standard InChI is InChI=1S/C32H34F2N2O3/c1-22-20-26(21-30(39-3)23(22)2)32(38)36-19-7-6-18-35-31(37)9-5-4-8-29(24-10-14-27(33)15-11-24)25-12-16-28(34)17-13-25/h10-17,20-21,29H,4-5,8-9,18-19H2,1-3H3,(H,35,37)(H,36,38). The van der Waals surface area contributed by atoms with Gasteiger partial charge in [0.2, 0.25) is 5.91 Å².